The molecule has 0 aliphatic carbocycles. The third-order valence-electron chi connectivity index (χ3n) is 3.98. The van der Waals surface area contributed by atoms with Crippen LogP contribution in [0.5, 0.6) is 0 Å². The Morgan fingerprint density at radius 2 is 1.79 bits per heavy atom. The summed E-state index contributed by atoms with van der Waals surface area (Å²) in [5.41, 5.74) is 5.80. The van der Waals surface area contributed by atoms with Crippen LogP contribution in [0.4, 0.5) is 5.69 Å². The fraction of sp³-hybridized carbons (Fsp3) is 0.333. The van der Waals surface area contributed by atoms with Gasteiger partial charge in [-0.25, -0.2) is 9.59 Å². The summed E-state index contributed by atoms with van der Waals surface area (Å²) in [6.45, 7) is 4.88. The SMILES string of the molecule is CCOC(=O)C1=C(C)OC(N)=C(C(=O)OCC)[C@@H]1c1ccc([N+](=O)[O-])cc1Cl. The van der Waals surface area contributed by atoms with Gasteiger partial charge in [-0.3, -0.25) is 10.1 Å². The number of halogens is 1. The highest BCUT2D eigenvalue weighted by Crippen LogP contribution is 2.43. The standard InChI is InChI=1S/C18H19ClN2O7/c1-4-26-17(22)13-9(3)28-16(20)15(18(23)27-5-2)14(13)11-7-6-10(21(24)25)8-12(11)19/h6-8,14H,4-5,20H2,1-3H3/t14-/m1/s1. The highest BCUT2D eigenvalue weighted by molar-refractivity contribution is 6.31. The molecule has 2 rings (SSSR count). The van der Waals surface area contributed by atoms with E-state index in [2.05, 4.69) is 0 Å². The van der Waals surface area contributed by atoms with Crippen molar-refractivity contribution in [1.82, 2.24) is 0 Å². The Labute approximate surface area is 165 Å². The molecule has 9 nitrogen and oxygen atoms in total. The number of esters is 2. The van der Waals surface area contributed by atoms with Gasteiger partial charge in [0.15, 0.2) is 0 Å². The van der Waals surface area contributed by atoms with Crippen molar-refractivity contribution in [3.05, 3.63) is 61.7 Å². The minimum Gasteiger partial charge on any atom is -0.463 e. The highest BCUT2D eigenvalue weighted by Gasteiger charge is 2.41. The summed E-state index contributed by atoms with van der Waals surface area (Å²) in [6.07, 6.45) is 0. The Balaban J connectivity index is 2.71. The molecule has 0 fully saturated rings. The van der Waals surface area contributed by atoms with Gasteiger partial charge in [0.2, 0.25) is 5.88 Å². The molecule has 0 radical (unpaired) electrons. The van der Waals surface area contributed by atoms with Gasteiger partial charge in [-0.1, -0.05) is 11.6 Å². The van der Waals surface area contributed by atoms with E-state index in [0.29, 0.717) is 0 Å². The summed E-state index contributed by atoms with van der Waals surface area (Å²) in [5.74, 6) is -2.71. The molecule has 0 saturated heterocycles. The summed E-state index contributed by atoms with van der Waals surface area (Å²) < 4.78 is 15.5. The number of nitrogens with zero attached hydrogens (tertiary/aromatic N) is 1. The highest BCUT2D eigenvalue weighted by atomic mass is 35.5. The van der Waals surface area contributed by atoms with Crippen molar-refractivity contribution in [2.24, 2.45) is 5.73 Å². The second-order valence-electron chi connectivity index (χ2n) is 5.69. The maximum atomic E-state index is 12.6. The van der Waals surface area contributed by atoms with E-state index in [4.69, 9.17) is 31.5 Å². The molecule has 150 valence electrons. The molecule has 0 amide bonds. The molecule has 1 aromatic carbocycles. The molecule has 1 aliphatic rings. The second-order valence-corrected chi connectivity index (χ2v) is 6.09. The minimum atomic E-state index is -1.07. The summed E-state index contributed by atoms with van der Waals surface area (Å²) in [7, 11) is 0. The van der Waals surface area contributed by atoms with Crippen LogP contribution in [0.25, 0.3) is 0 Å². The Morgan fingerprint density at radius 3 is 2.29 bits per heavy atom. The van der Waals surface area contributed by atoms with Crippen LogP contribution < -0.4 is 5.73 Å². The first kappa shape index (κ1) is 21.2. The topological polar surface area (TPSA) is 131 Å². The number of allylic oxidation sites excluding steroid dienone is 1. The normalized spacial score (nSPS) is 16.5. The van der Waals surface area contributed by atoms with E-state index in [1.54, 1.807) is 13.8 Å². The van der Waals surface area contributed by atoms with Gasteiger partial charge in [0.1, 0.15) is 11.3 Å². The Kier molecular flexibility index (Phi) is 6.63. The molecule has 28 heavy (non-hydrogen) atoms. The Hall–Kier alpha value is -3.07. The zero-order chi connectivity index (χ0) is 21.0. The van der Waals surface area contributed by atoms with Gasteiger partial charge in [0.05, 0.1) is 34.7 Å². The van der Waals surface area contributed by atoms with Gasteiger partial charge < -0.3 is 19.9 Å². The first-order chi connectivity index (χ1) is 13.2. The van der Waals surface area contributed by atoms with Crippen molar-refractivity contribution in [3.8, 4) is 0 Å². The Morgan fingerprint density at radius 1 is 1.21 bits per heavy atom. The average molecular weight is 411 g/mol. The van der Waals surface area contributed by atoms with Crippen LogP contribution in [0.15, 0.2) is 41.0 Å². The molecule has 0 spiro atoms. The van der Waals surface area contributed by atoms with Crippen molar-refractivity contribution in [1.29, 1.82) is 0 Å². The number of nitro benzene ring substituents is 1. The monoisotopic (exact) mass is 410 g/mol. The smallest absolute Gasteiger partial charge is 0.340 e. The number of hydrogen-bond acceptors (Lipinski definition) is 8. The molecule has 1 atom stereocenters. The predicted molar refractivity (Wildman–Crippen MR) is 99.1 cm³/mol. The molecular formula is C18H19ClN2O7. The van der Waals surface area contributed by atoms with Crippen molar-refractivity contribution in [2.75, 3.05) is 13.2 Å². The van der Waals surface area contributed by atoms with Crippen LogP contribution in [-0.2, 0) is 23.8 Å². The lowest BCUT2D eigenvalue weighted by Gasteiger charge is -2.29. The van der Waals surface area contributed by atoms with E-state index < -0.39 is 22.8 Å². The number of rotatable bonds is 6. The number of carbonyl (C=O) groups excluding carboxylic acids is 2. The van der Waals surface area contributed by atoms with Gasteiger partial charge >= 0.3 is 11.9 Å². The van der Waals surface area contributed by atoms with E-state index in [1.165, 1.54) is 19.1 Å². The largest absolute Gasteiger partial charge is 0.463 e. The zero-order valence-corrected chi connectivity index (χ0v) is 16.2. The van der Waals surface area contributed by atoms with E-state index >= 15 is 0 Å². The van der Waals surface area contributed by atoms with E-state index in [-0.39, 0.29) is 52.3 Å². The second kappa shape index (κ2) is 8.75. The number of benzene rings is 1. The third-order valence-corrected chi connectivity index (χ3v) is 4.31. The summed E-state index contributed by atoms with van der Waals surface area (Å²) in [4.78, 5) is 35.5. The quantitative estimate of drug-likeness (QED) is 0.430. The molecule has 10 heteroatoms. The summed E-state index contributed by atoms with van der Waals surface area (Å²) >= 11 is 6.26. The summed E-state index contributed by atoms with van der Waals surface area (Å²) in [6, 6.07) is 3.70. The number of carbonyl (C=O) groups is 2. The van der Waals surface area contributed by atoms with Crippen LogP contribution in [0.2, 0.25) is 5.02 Å². The molecule has 1 heterocycles. The lowest BCUT2D eigenvalue weighted by molar-refractivity contribution is -0.384. The van der Waals surface area contributed by atoms with E-state index in [1.807, 2.05) is 0 Å². The molecule has 0 bridgehead atoms. The van der Waals surface area contributed by atoms with Crippen LogP contribution in [0, 0.1) is 10.1 Å². The van der Waals surface area contributed by atoms with Crippen LogP contribution in [-0.4, -0.2) is 30.1 Å². The van der Waals surface area contributed by atoms with E-state index in [9.17, 15) is 19.7 Å². The van der Waals surface area contributed by atoms with Gasteiger partial charge in [-0.15, -0.1) is 0 Å². The van der Waals surface area contributed by atoms with Gasteiger partial charge in [-0.2, -0.15) is 0 Å². The van der Waals surface area contributed by atoms with Gasteiger partial charge in [-0.05, 0) is 32.4 Å². The molecule has 2 N–H and O–H groups in total. The van der Waals surface area contributed by atoms with Gasteiger partial charge in [0.25, 0.3) is 5.69 Å². The van der Waals surface area contributed by atoms with Crippen LogP contribution in [0.1, 0.15) is 32.3 Å². The number of hydrogen-bond donors (Lipinski definition) is 1. The molecule has 0 saturated carbocycles. The molecular weight excluding hydrogens is 392 g/mol. The first-order valence-corrected chi connectivity index (χ1v) is 8.76. The zero-order valence-electron chi connectivity index (χ0n) is 15.5. The molecule has 1 aliphatic heterocycles. The predicted octanol–water partition coefficient (Wildman–Crippen LogP) is 2.93. The van der Waals surface area contributed by atoms with Crippen molar-refractivity contribution in [2.45, 2.75) is 26.7 Å². The maximum absolute atomic E-state index is 12.6. The lowest BCUT2D eigenvalue weighted by atomic mass is 9.82. The minimum absolute atomic E-state index is 0.00913. The average Bonchev–Trinajstić information content (AvgIpc) is 2.61. The fourth-order valence-corrected chi connectivity index (χ4v) is 3.12. The van der Waals surface area contributed by atoms with Crippen LogP contribution >= 0.6 is 11.6 Å². The van der Waals surface area contributed by atoms with Gasteiger partial charge in [0, 0.05) is 12.1 Å². The molecule has 1 aromatic rings. The van der Waals surface area contributed by atoms with E-state index in [0.717, 1.165) is 6.07 Å². The number of nitrogens with two attached hydrogens (primary N) is 1. The maximum Gasteiger partial charge on any atom is 0.340 e. The van der Waals surface area contributed by atoms with Crippen LogP contribution in [0.3, 0.4) is 0 Å². The number of nitro groups is 1. The molecule has 0 unspecified atom stereocenters. The molecule has 0 aromatic heterocycles. The van der Waals surface area contributed by atoms with Crippen molar-refractivity contribution in [3.63, 3.8) is 0 Å². The number of ether oxygens (including phenoxy) is 3. The lowest BCUT2D eigenvalue weighted by Crippen LogP contribution is -2.30. The Bertz CT molecular complexity index is 852. The fourth-order valence-electron chi connectivity index (χ4n) is 2.84. The third kappa shape index (κ3) is 4.09. The number of non-ortho nitro benzene ring substituents is 1. The van der Waals surface area contributed by atoms with Crippen molar-refractivity contribution >= 4 is 29.2 Å². The summed E-state index contributed by atoms with van der Waals surface area (Å²) in [5, 5.41) is 11.0. The van der Waals surface area contributed by atoms with Crippen molar-refractivity contribution < 1.29 is 28.7 Å². The first-order valence-electron chi connectivity index (χ1n) is 8.39.